The summed E-state index contributed by atoms with van der Waals surface area (Å²) in [5.41, 5.74) is 9.10. The third kappa shape index (κ3) is 1.09. The van der Waals surface area contributed by atoms with Gasteiger partial charge in [-0.2, -0.15) is 0 Å². The van der Waals surface area contributed by atoms with Crippen molar-refractivity contribution in [3.8, 4) is 0 Å². The zero-order valence-corrected chi connectivity index (χ0v) is 6.75. The summed E-state index contributed by atoms with van der Waals surface area (Å²) in [5.74, 6) is 0. The van der Waals surface area contributed by atoms with Gasteiger partial charge in [0.25, 0.3) is 0 Å². The predicted molar refractivity (Wildman–Crippen MR) is 48.1 cm³/mol. The Labute approximate surface area is 71.8 Å². The lowest BCUT2D eigenvalue weighted by Crippen LogP contribution is -2.18. The maximum atomic E-state index is 6.85. The lowest BCUT2D eigenvalue weighted by molar-refractivity contribution is 0.721. The van der Waals surface area contributed by atoms with Crippen LogP contribution in [0.5, 0.6) is 0 Å². The Morgan fingerprint density at radius 3 is 2.83 bits per heavy atom. The number of rotatable bonds is 0. The molecule has 12 heavy (non-hydrogen) atoms. The summed E-state index contributed by atoms with van der Waals surface area (Å²) >= 11 is 0. The first-order chi connectivity index (χ1) is 5.79. The molecule has 1 aromatic carbocycles. The summed E-state index contributed by atoms with van der Waals surface area (Å²) in [6.07, 6.45) is 1.90. The molecule has 1 atom stereocenters. The first-order valence-corrected chi connectivity index (χ1v) is 4.04. The Morgan fingerprint density at radius 1 is 1.33 bits per heavy atom. The monoisotopic (exact) mass is 158 g/mol. The molecule has 0 saturated heterocycles. The Balaban J connectivity index is 2.44. The number of nitrogens with two attached hydrogens (primary N) is 1. The van der Waals surface area contributed by atoms with Crippen molar-refractivity contribution in [2.24, 2.45) is 5.73 Å². The van der Waals surface area contributed by atoms with E-state index in [1.54, 1.807) is 0 Å². The molecule has 0 heterocycles. The third-order valence-corrected chi connectivity index (χ3v) is 2.28. The second kappa shape index (κ2) is 2.62. The van der Waals surface area contributed by atoms with Gasteiger partial charge in [-0.25, -0.2) is 4.85 Å². The lowest BCUT2D eigenvalue weighted by Gasteiger charge is -1.96. The Bertz CT molecular complexity index is 349. The van der Waals surface area contributed by atoms with E-state index in [-0.39, 0.29) is 6.04 Å². The van der Waals surface area contributed by atoms with Crippen LogP contribution in [0, 0.1) is 6.57 Å². The van der Waals surface area contributed by atoms with E-state index in [2.05, 4.69) is 4.85 Å². The average Bonchev–Trinajstić information content (AvgIpc) is 2.43. The molecule has 0 aromatic heterocycles. The fraction of sp³-hybridized carbons (Fsp3) is 0.300. The van der Waals surface area contributed by atoms with Crippen LogP contribution in [-0.4, -0.2) is 6.04 Å². The van der Waals surface area contributed by atoms with Gasteiger partial charge in [-0.05, 0) is 18.4 Å². The summed E-state index contributed by atoms with van der Waals surface area (Å²) < 4.78 is 0. The van der Waals surface area contributed by atoms with Crippen LogP contribution in [-0.2, 0) is 12.8 Å². The smallest absolute Gasteiger partial charge is 0.187 e. The van der Waals surface area contributed by atoms with E-state index in [4.69, 9.17) is 12.3 Å². The first-order valence-electron chi connectivity index (χ1n) is 4.04. The van der Waals surface area contributed by atoms with Crippen LogP contribution in [0.3, 0.4) is 0 Å². The van der Waals surface area contributed by atoms with Crippen molar-refractivity contribution in [3.63, 3.8) is 0 Å². The molecule has 0 fully saturated rings. The number of hydrogen-bond acceptors (Lipinski definition) is 1. The summed E-state index contributed by atoms with van der Waals surface area (Å²) in [7, 11) is 0. The maximum Gasteiger partial charge on any atom is 0.187 e. The van der Waals surface area contributed by atoms with E-state index in [0.717, 1.165) is 18.5 Å². The molecule has 0 amide bonds. The van der Waals surface area contributed by atoms with Crippen molar-refractivity contribution >= 4 is 5.69 Å². The summed E-state index contributed by atoms with van der Waals surface area (Å²) in [6.45, 7) is 6.85. The van der Waals surface area contributed by atoms with E-state index in [9.17, 15) is 0 Å². The maximum absolute atomic E-state index is 6.85. The third-order valence-electron chi connectivity index (χ3n) is 2.28. The van der Waals surface area contributed by atoms with Crippen LogP contribution < -0.4 is 5.73 Å². The standard InChI is InChI=1S/C10H10N2/c1-12-10-3-2-7-4-9(11)5-8(7)6-10/h2-3,6,9H,4-5,11H2. The zero-order chi connectivity index (χ0) is 8.55. The van der Waals surface area contributed by atoms with E-state index in [1.807, 2.05) is 18.2 Å². The number of hydrogen-bond donors (Lipinski definition) is 1. The molecule has 0 saturated carbocycles. The molecule has 1 unspecified atom stereocenters. The van der Waals surface area contributed by atoms with Crippen LogP contribution in [0.15, 0.2) is 18.2 Å². The first kappa shape index (κ1) is 7.33. The van der Waals surface area contributed by atoms with Crippen LogP contribution in [0.1, 0.15) is 11.1 Å². The normalized spacial score (nSPS) is 20.2. The van der Waals surface area contributed by atoms with Gasteiger partial charge in [0.15, 0.2) is 5.69 Å². The Kier molecular flexibility index (Phi) is 1.60. The molecule has 0 spiro atoms. The molecule has 2 heteroatoms. The molecular weight excluding hydrogens is 148 g/mol. The van der Waals surface area contributed by atoms with E-state index >= 15 is 0 Å². The highest BCUT2D eigenvalue weighted by molar-refractivity contribution is 5.51. The van der Waals surface area contributed by atoms with Gasteiger partial charge in [-0.15, -0.1) is 0 Å². The van der Waals surface area contributed by atoms with E-state index < -0.39 is 0 Å². The summed E-state index contributed by atoms with van der Waals surface area (Å²) in [5, 5.41) is 0. The second-order valence-corrected chi connectivity index (χ2v) is 3.23. The van der Waals surface area contributed by atoms with Crippen LogP contribution >= 0.6 is 0 Å². The van der Waals surface area contributed by atoms with Crippen LogP contribution in [0.4, 0.5) is 5.69 Å². The fourth-order valence-corrected chi connectivity index (χ4v) is 1.71. The van der Waals surface area contributed by atoms with Crippen molar-refractivity contribution in [2.45, 2.75) is 18.9 Å². The van der Waals surface area contributed by atoms with Crippen molar-refractivity contribution in [1.29, 1.82) is 0 Å². The Hall–Kier alpha value is -1.33. The van der Waals surface area contributed by atoms with Gasteiger partial charge >= 0.3 is 0 Å². The molecule has 0 radical (unpaired) electrons. The van der Waals surface area contributed by atoms with Gasteiger partial charge in [0, 0.05) is 6.04 Å². The molecule has 0 aliphatic heterocycles. The van der Waals surface area contributed by atoms with Gasteiger partial charge in [0.1, 0.15) is 0 Å². The minimum atomic E-state index is 0.265. The average molecular weight is 158 g/mol. The predicted octanol–water partition coefficient (Wildman–Crippen LogP) is 1.66. The highest BCUT2D eigenvalue weighted by Gasteiger charge is 2.17. The molecule has 2 rings (SSSR count). The highest BCUT2D eigenvalue weighted by atomic mass is 14.7. The zero-order valence-electron chi connectivity index (χ0n) is 6.75. The number of benzene rings is 1. The van der Waals surface area contributed by atoms with Gasteiger partial charge < -0.3 is 5.73 Å². The lowest BCUT2D eigenvalue weighted by atomic mass is 10.1. The van der Waals surface area contributed by atoms with Gasteiger partial charge in [-0.1, -0.05) is 23.8 Å². The van der Waals surface area contributed by atoms with E-state index in [0.29, 0.717) is 0 Å². The molecule has 0 bridgehead atoms. The van der Waals surface area contributed by atoms with Gasteiger partial charge in [0.2, 0.25) is 0 Å². The molecule has 2 nitrogen and oxygen atoms in total. The SMILES string of the molecule is [C-]#[N+]c1ccc2c(c1)CC(N)C2. The Morgan fingerprint density at radius 2 is 2.08 bits per heavy atom. The molecule has 60 valence electrons. The fourth-order valence-electron chi connectivity index (χ4n) is 1.71. The van der Waals surface area contributed by atoms with Crippen molar-refractivity contribution in [3.05, 3.63) is 40.7 Å². The number of fused-ring (bicyclic) bond motifs is 1. The van der Waals surface area contributed by atoms with E-state index in [1.165, 1.54) is 11.1 Å². The van der Waals surface area contributed by atoms with Crippen LogP contribution in [0.2, 0.25) is 0 Å². The van der Waals surface area contributed by atoms with Crippen LogP contribution in [0.25, 0.3) is 4.85 Å². The molecule has 1 aliphatic carbocycles. The van der Waals surface area contributed by atoms with Gasteiger partial charge in [-0.3, -0.25) is 0 Å². The number of nitrogens with zero attached hydrogens (tertiary/aromatic N) is 1. The highest BCUT2D eigenvalue weighted by Crippen LogP contribution is 2.25. The minimum absolute atomic E-state index is 0.265. The van der Waals surface area contributed by atoms with Crippen molar-refractivity contribution < 1.29 is 0 Å². The minimum Gasteiger partial charge on any atom is -0.327 e. The molecule has 2 N–H and O–H groups in total. The quantitative estimate of drug-likeness (QED) is 0.572. The topological polar surface area (TPSA) is 30.4 Å². The van der Waals surface area contributed by atoms with Gasteiger partial charge in [0.05, 0.1) is 6.57 Å². The summed E-state index contributed by atoms with van der Waals surface area (Å²) in [6, 6.07) is 6.11. The molecule has 1 aliphatic rings. The second-order valence-electron chi connectivity index (χ2n) is 3.23. The molecule has 1 aromatic rings. The summed E-state index contributed by atoms with van der Waals surface area (Å²) in [4.78, 5) is 3.38. The molecular formula is C10H10N2. The van der Waals surface area contributed by atoms with Crippen molar-refractivity contribution in [1.82, 2.24) is 0 Å². The van der Waals surface area contributed by atoms with Crippen molar-refractivity contribution in [2.75, 3.05) is 0 Å². The largest absolute Gasteiger partial charge is 0.327 e.